The first-order valence-corrected chi connectivity index (χ1v) is 5.23. The summed E-state index contributed by atoms with van der Waals surface area (Å²) in [6, 6.07) is 6.21. The molecule has 0 aliphatic rings. The molecule has 0 saturated carbocycles. The fourth-order valence-corrected chi connectivity index (χ4v) is 1.26. The highest BCUT2D eigenvalue weighted by Gasteiger charge is 1.89. The van der Waals surface area contributed by atoms with Crippen molar-refractivity contribution >= 4 is 16.4 Å². The maximum Gasteiger partial charge on any atom is 0.123 e. The number of nitrogens with zero attached hydrogens (tertiary/aromatic N) is 1. The van der Waals surface area contributed by atoms with Gasteiger partial charge in [0.1, 0.15) is 5.82 Å². The molecule has 0 amide bonds. The largest absolute Gasteiger partial charge is 0.229 e. The molecule has 0 aliphatic heterocycles. The summed E-state index contributed by atoms with van der Waals surface area (Å²) in [5, 5.41) is 0. The first kappa shape index (κ1) is 8.40. The molecule has 0 fully saturated rings. The summed E-state index contributed by atoms with van der Waals surface area (Å²) in [6.45, 7) is 0. The Hall–Kier alpha value is -0.700. The molecule has 0 heterocycles. The molecular weight excluding hydrogens is 161 g/mol. The Morgan fingerprint density at radius 3 is 2.18 bits per heavy atom. The van der Waals surface area contributed by atoms with Crippen LogP contribution in [0.4, 0.5) is 10.1 Å². The minimum Gasteiger partial charge on any atom is -0.229 e. The molecule has 0 unspecified atom stereocenters. The highest BCUT2D eigenvalue weighted by atomic mass is 32.2. The van der Waals surface area contributed by atoms with Crippen molar-refractivity contribution < 1.29 is 4.39 Å². The van der Waals surface area contributed by atoms with E-state index in [9.17, 15) is 4.39 Å². The first-order chi connectivity index (χ1) is 5.18. The second-order valence-corrected chi connectivity index (χ2v) is 4.07. The Kier molecular flexibility index (Phi) is 2.76. The van der Waals surface area contributed by atoms with Crippen LogP contribution in [0.15, 0.2) is 28.6 Å². The molecule has 60 valence electrons. The van der Waals surface area contributed by atoms with Crippen LogP contribution >= 0.6 is 0 Å². The average Bonchev–Trinajstić information content (AvgIpc) is 1.93. The van der Waals surface area contributed by atoms with E-state index >= 15 is 0 Å². The SMILES string of the molecule is CS(C)=Nc1ccc(F)cc1. The smallest absolute Gasteiger partial charge is 0.123 e. The van der Waals surface area contributed by atoms with Gasteiger partial charge in [-0.05, 0) is 36.8 Å². The fourth-order valence-electron chi connectivity index (χ4n) is 0.713. The highest BCUT2D eigenvalue weighted by molar-refractivity contribution is 7.85. The molecule has 0 radical (unpaired) electrons. The zero-order chi connectivity index (χ0) is 8.27. The van der Waals surface area contributed by atoms with E-state index in [1.54, 1.807) is 12.1 Å². The Balaban J connectivity index is 2.91. The van der Waals surface area contributed by atoms with Crippen molar-refractivity contribution in [2.45, 2.75) is 0 Å². The Morgan fingerprint density at radius 2 is 1.73 bits per heavy atom. The number of rotatable bonds is 1. The van der Waals surface area contributed by atoms with E-state index in [1.165, 1.54) is 12.1 Å². The monoisotopic (exact) mass is 171 g/mol. The summed E-state index contributed by atoms with van der Waals surface area (Å²) in [5.74, 6) is -0.212. The summed E-state index contributed by atoms with van der Waals surface area (Å²) in [7, 11) is 0.0294. The molecule has 3 heteroatoms. The van der Waals surface area contributed by atoms with Gasteiger partial charge in [0.05, 0.1) is 5.69 Å². The van der Waals surface area contributed by atoms with Crippen LogP contribution in [0.3, 0.4) is 0 Å². The van der Waals surface area contributed by atoms with Crippen molar-refractivity contribution in [3.05, 3.63) is 30.1 Å². The number of hydrogen-bond donors (Lipinski definition) is 0. The summed E-state index contributed by atoms with van der Waals surface area (Å²) in [5.41, 5.74) is 0.847. The van der Waals surface area contributed by atoms with Crippen LogP contribution in [0, 0.1) is 5.82 Å². The third-order valence-electron chi connectivity index (χ3n) is 1.11. The molecule has 1 aromatic rings. The number of benzene rings is 1. The van der Waals surface area contributed by atoms with Crippen molar-refractivity contribution in [2.24, 2.45) is 4.36 Å². The topological polar surface area (TPSA) is 12.4 Å². The van der Waals surface area contributed by atoms with Gasteiger partial charge in [-0.1, -0.05) is 0 Å². The van der Waals surface area contributed by atoms with Gasteiger partial charge >= 0.3 is 0 Å². The lowest BCUT2D eigenvalue weighted by Crippen LogP contribution is -1.76. The summed E-state index contributed by atoms with van der Waals surface area (Å²) in [4.78, 5) is 0. The van der Waals surface area contributed by atoms with E-state index in [-0.39, 0.29) is 16.5 Å². The minimum absolute atomic E-state index is 0.0294. The molecule has 0 saturated heterocycles. The van der Waals surface area contributed by atoms with Gasteiger partial charge in [-0.3, -0.25) is 0 Å². The van der Waals surface area contributed by atoms with Crippen LogP contribution in [0.5, 0.6) is 0 Å². The lowest BCUT2D eigenvalue weighted by atomic mass is 10.3. The van der Waals surface area contributed by atoms with Crippen LogP contribution in [0.2, 0.25) is 0 Å². The van der Waals surface area contributed by atoms with Gasteiger partial charge in [-0.2, -0.15) is 0 Å². The molecule has 0 aliphatic carbocycles. The third kappa shape index (κ3) is 2.80. The highest BCUT2D eigenvalue weighted by Crippen LogP contribution is 2.12. The van der Waals surface area contributed by atoms with Gasteiger partial charge in [0.2, 0.25) is 0 Å². The quantitative estimate of drug-likeness (QED) is 0.615. The van der Waals surface area contributed by atoms with E-state index in [0.29, 0.717) is 0 Å². The molecule has 0 N–H and O–H groups in total. The van der Waals surface area contributed by atoms with Crippen molar-refractivity contribution in [1.82, 2.24) is 0 Å². The lowest BCUT2D eigenvalue weighted by Gasteiger charge is -1.93. The number of hydrogen-bond acceptors (Lipinski definition) is 1. The molecule has 1 aromatic carbocycles. The van der Waals surface area contributed by atoms with Gasteiger partial charge in [0.15, 0.2) is 0 Å². The van der Waals surface area contributed by atoms with E-state index in [4.69, 9.17) is 0 Å². The van der Waals surface area contributed by atoms with Crippen LogP contribution in [-0.2, 0) is 10.7 Å². The van der Waals surface area contributed by atoms with Crippen LogP contribution in [-0.4, -0.2) is 12.5 Å². The normalized spacial score (nSPS) is 10.2. The average molecular weight is 171 g/mol. The molecule has 1 rings (SSSR count). The van der Waals surface area contributed by atoms with Crippen molar-refractivity contribution in [3.63, 3.8) is 0 Å². The predicted octanol–water partition coefficient (Wildman–Crippen LogP) is 2.52. The Morgan fingerprint density at radius 1 is 1.18 bits per heavy atom. The zero-order valence-corrected chi connectivity index (χ0v) is 7.36. The summed E-state index contributed by atoms with van der Waals surface area (Å²) in [6.07, 6.45) is 4.03. The predicted molar refractivity (Wildman–Crippen MR) is 47.7 cm³/mol. The molecule has 0 atom stereocenters. The summed E-state index contributed by atoms with van der Waals surface area (Å²) < 4.78 is 16.6. The molecule has 11 heavy (non-hydrogen) atoms. The van der Waals surface area contributed by atoms with E-state index in [1.807, 2.05) is 12.5 Å². The van der Waals surface area contributed by atoms with Gasteiger partial charge in [-0.25, -0.2) is 8.75 Å². The van der Waals surface area contributed by atoms with Crippen molar-refractivity contribution in [1.29, 1.82) is 0 Å². The minimum atomic E-state index is -0.212. The Labute approximate surface area is 68.4 Å². The molecule has 0 spiro atoms. The fraction of sp³-hybridized carbons (Fsp3) is 0.250. The standard InChI is InChI=1S/C8H10FNS/c1-11(2)10-8-5-3-7(9)4-6-8/h3-6H,1-2H3. The Bertz CT molecular complexity index is 262. The van der Waals surface area contributed by atoms with Gasteiger partial charge in [-0.15, -0.1) is 10.7 Å². The van der Waals surface area contributed by atoms with Gasteiger partial charge < -0.3 is 0 Å². The van der Waals surface area contributed by atoms with Crippen LogP contribution in [0.1, 0.15) is 0 Å². The van der Waals surface area contributed by atoms with Crippen molar-refractivity contribution in [2.75, 3.05) is 12.5 Å². The van der Waals surface area contributed by atoms with E-state index in [0.717, 1.165) is 5.69 Å². The van der Waals surface area contributed by atoms with Crippen molar-refractivity contribution in [3.8, 4) is 0 Å². The van der Waals surface area contributed by atoms with E-state index < -0.39 is 0 Å². The molecular formula is C8H10FNS. The maximum absolute atomic E-state index is 12.4. The zero-order valence-electron chi connectivity index (χ0n) is 6.54. The third-order valence-corrected chi connectivity index (χ3v) is 1.69. The van der Waals surface area contributed by atoms with Gasteiger partial charge in [0, 0.05) is 0 Å². The molecule has 0 aromatic heterocycles. The van der Waals surface area contributed by atoms with Crippen LogP contribution in [0.25, 0.3) is 0 Å². The second kappa shape index (κ2) is 3.62. The second-order valence-electron chi connectivity index (χ2n) is 2.34. The van der Waals surface area contributed by atoms with Crippen LogP contribution < -0.4 is 0 Å². The van der Waals surface area contributed by atoms with E-state index in [2.05, 4.69) is 4.36 Å². The summed E-state index contributed by atoms with van der Waals surface area (Å²) >= 11 is 0. The molecule has 0 bridgehead atoms. The lowest BCUT2D eigenvalue weighted by molar-refractivity contribution is 0.628. The maximum atomic E-state index is 12.4. The molecule has 1 nitrogen and oxygen atoms in total. The van der Waals surface area contributed by atoms with Gasteiger partial charge in [0.25, 0.3) is 0 Å². The number of halogens is 1. The first-order valence-electron chi connectivity index (χ1n) is 3.23.